The van der Waals surface area contributed by atoms with Gasteiger partial charge in [0, 0.05) is 25.2 Å². The summed E-state index contributed by atoms with van der Waals surface area (Å²) in [7, 11) is 0. The van der Waals surface area contributed by atoms with E-state index in [1.807, 2.05) is 0 Å². The number of anilines is 1. The first kappa shape index (κ1) is 17.4. The molecule has 1 saturated heterocycles. The largest absolute Gasteiger partial charge is 0.324 e. The van der Waals surface area contributed by atoms with Crippen LogP contribution in [0.25, 0.3) is 11.1 Å². The van der Waals surface area contributed by atoms with Crippen LogP contribution in [0.2, 0.25) is 0 Å². The van der Waals surface area contributed by atoms with Crippen LogP contribution < -0.4 is 10.6 Å². The van der Waals surface area contributed by atoms with E-state index in [0.29, 0.717) is 42.0 Å². The standard InChI is InChI=1S/C18H16FN3O2.ClH/c19-14-4-2-1-3-12(14)11-5-6-15-13(9-11)18(24)22-8-7-20-10-16(22)17(23)21-15;/h1-6,9,16,20H,7-8,10H2,(H,21,23);1H. The quantitative estimate of drug-likeness (QED) is 0.819. The fourth-order valence-corrected chi connectivity index (χ4v) is 3.25. The van der Waals surface area contributed by atoms with Gasteiger partial charge in [-0.05, 0) is 23.8 Å². The average molecular weight is 362 g/mol. The van der Waals surface area contributed by atoms with Gasteiger partial charge in [-0.2, -0.15) is 0 Å². The maximum atomic E-state index is 14.0. The average Bonchev–Trinajstić information content (AvgIpc) is 2.71. The van der Waals surface area contributed by atoms with Crippen LogP contribution in [0.5, 0.6) is 0 Å². The van der Waals surface area contributed by atoms with Crippen molar-refractivity contribution in [3.05, 3.63) is 53.8 Å². The van der Waals surface area contributed by atoms with E-state index < -0.39 is 6.04 Å². The molecule has 0 saturated carbocycles. The number of amides is 2. The monoisotopic (exact) mass is 361 g/mol. The molecule has 0 spiro atoms. The predicted octanol–water partition coefficient (Wildman–Crippen LogP) is 2.28. The highest BCUT2D eigenvalue weighted by Gasteiger charge is 2.36. The van der Waals surface area contributed by atoms with Crippen molar-refractivity contribution in [1.29, 1.82) is 0 Å². The molecule has 1 unspecified atom stereocenters. The minimum absolute atomic E-state index is 0. The van der Waals surface area contributed by atoms with Crippen LogP contribution in [0.1, 0.15) is 10.4 Å². The van der Waals surface area contributed by atoms with E-state index in [-0.39, 0.29) is 30.0 Å². The molecule has 2 aromatic rings. The Hall–Kier alpha value is -2.44. The summed E-state index contributed by atoms with van der Waals surface area (Å²) in [6.07, 6.45) is 0. The summed E-state index contributed by atoms with van der Waals surface area (Å²) in [5, 5.41) is 5.94. The van der Waals surface area contributed by atoms with Gasteiger partial charge in [0.05, 0.1) is 11.3 Å². The van der Waals surface area contributed by atoms with Crippen LogP contribution in [0.3, 0.4) is 0 Å². The molecule has 4 rings (SSSR count). The summed E-state index contributed by atoms with van der Waals surface area (Å²) in [6.45, 7) is 1.56. The number of hydrogen-bond acceptors (Lipinski definition) is 3. The number of nitrogens with zero attached hydrogens (tertiary/aromatic N) is 1. The molecule has 2 aliphatic rings. The van der Waals surface area contributed by atoms with E-state index in [9.17, 15) is 14.0 Å². The first-order chi connectivity index (χ1) is 11.6. The van der Waals surface area contributed by atoms with Crippen LogP contribution in [0, 0.1) is 5.82 Å². The van der Waals surface area contributed by atoms with Crippen molar-refractivity contribution in [1.82, 2.24) is 10.2 Å². The number of fused-ring (bicyclic) bond motifs is 2. The highest BCUT2D eigenvalue weighted by Crippen LogP contribution is 2.30. The zero-order valence-corrected chi connectivity index (χ0v) is 14.1. The SMILES string of the molecule is Cl.O=C1Nc2ccc(-c3ccccc3F)cc2C(=O)N2CCNCC12. The van der Waals surface area contributed by atoms with Crippen LogP contribution in [-0.2, 0) is 4.79 Å². The summed E-state index contributed by atoms with van der Waals surface area (Å²) in [4.78, 5) is 26.8. The molecule has 5 nitrogen and oxygen atoms in total. The highest BCUT2D eigenvalue weighted by atomic mass is 35.5. The zero-order chi connectivity index (χ0) is 16.7. The van der Waals surface area contributed by atoms with Crippen molar-refractivity contribution in [2.75, 3.05) is 25.0 Å². The van der Waals surface area contributed by atoms with E-state index in [0.717, 1.165) is 0 Å². The second kappa shape index (κ2) is 6.82. The van der Waals surface area contributed by atoms with Gasteiger partial charge in [0.15, 0.2) is 0 Å². The van der Waals surface area contributed by atoms with Gasteiger partial charge in [-0.1, -0.05) is 24.3 Å². The number of rotatable bonds is 1. The van der Waals surface area contributed by atoms with Gasteiger partial charge in [-0.3, -0.25) is 9.59 Å². The van der Waals surface area contributed by atoms with E-state index >= 15 is 0 Å². The fraction of sp³-hybridized carbons (Fsp3) is 0.222. The summed E-state index contributed by atoms with van der Waals surface area (Å²) in [6, 6.07) is 10.9. The van der Waals surface area contributed by atoms with E-state index in [1.165, 1.54) is 6.07 Å². The van der Waals surface area contributed by atoms with E-state index in [4.69, 9.17) is 0 Å². The molecule has 1 fully saturated rings. The van der Waals surface area contributed by atoms with Crippen LogP contribution >= 0.6 is 12.4 Å². The van der Waals surface area contributed by atoms with Crippen molar-refractivity contribution in [2.45, 2.75) is 6.04 Å². The molecule has 2 N–H and O–H groups in total. The normalized spacial score (nSPS) is 19.2. The number of halogens is 2. The Labute approximate surface area is 150 Å². The number of carbonyl (C=O) groups excluding carboxylic acids is 2. The van der Waals surface area contributed by atoms with Crippen molar-refractivity contribution < 1.29 is 14.0 Å². The minimum Gasteiger partial charge on any atom is -0.324 e. The Kier molecular flexibility index (Phi) is 4.74. The van der Waals surface area contributed by atoms with Gasteiger partial charge in [-0.25, -0.2) is 4.39 Å². The number of benzene rings is 2. The number of carbonyl (C=O) groups is 2. The summed E-state index contributed by atoms with van der Waals surface area (Å²) >= 11 is 0. The Morgan fingerprint density at radius 1 is 1.08 bits per heavy atom. The van der Waals surface area contributed by atoms with Crippen LogP contribution in [0.4, 0.5) is 10.1 Å². The topological polar surface area (TPSA) is 61.4 Å². The highest BCUT2D eigenvalue weighted by molar-refractivity contribution is 6.10. The molecule has 0 aromatic heterocycles. The first-order valence-electron chi connectivity index (χ1n) is 7.86. The lowest BCUT2D eigenvalue weighted by molar-refractivity contribution is -0.120. The fourth-order valence-electron chi connectivity index (χ4n) is 3.25. The van der Waals surface area contributed by atoms with Gasteiger partial charge < -0.3 is 15.5 Å². The molecule has 1 atom stereocenters. The van der Waals surface area contributed by atoms with Gasteiger partial charge in [0.2, 0.25) is 5.91 Å². The molecule has 130 valence electrons. The molecule has 2 heterocycles. The van der Waals surface area contributed by atoms with Gasteiger partial charge in [0.1, 0.15) is 11.9 Å². The van der Waals surface area contributed by atoms with Crippen molar-refractivity contribution in [2.24, 2.45) is 0 Å². The van der Waals surface area contributed by atoms with Gasteiger partial charge in [-0.15, -0.1) is 12.4 Å². The lowest BCUT2D eigenvalue weighted by Crippen LogP contribution is -2.57. The summed E-state index contributed by atoms with van der Waals surface area (Å²) < 4.78 is 14.0. The Morgan fingerprint density at radius 3 is 2.68 bits per heavy atom. The molecule has 0 bridgehead atoms. The molecule has 2 aliphatic heterocycles. The lowest BCUT2D eigenvalue weighted by Gasteiger charge is -2.33. The third-order valence-corrected chi connectivity index (χ3v) is 4.50. The first-order valence-corrected chi connectivity index (χ1v) is 7.86. The minimum atomic E-state index is -0.518. The predicted molar refractivity (Wildman–Crippen MR) is 95.4 cm³/mol. The smallest absolute Gasteiger partial charge is 0.256 e. The van der Waals surface area contributed by atoms with Crippen molar-refractivity contribution in [3.8, 4) is 11.1 Å². The molecule has 7 heteroatoms. The van der Waals surface area contributed by atoms with Crippen molar-refractivity contribution in [3.63, 3.8) is 0 Å². The Morgan fingerprint density at radius 2 is 1.88 bits per heavy atom. The maximum Gasteiger partial charge on any atom is 0.256 e. The number of nitrogens with one attached hydrogen (secondary N) is 2. The van der Waals surface area contributed by atoms with Gasteiger partial charge >= 0.3 is 0 Å². The lowest BCUT2D eigenvalue weighted by atomic mass is 10.0. The molecule has 2 aromatic carbocycles. The Balaban J connectivity index is 0.00000182. The number of piperazine rings is 1. The molecule has 25 heavy (non-hydrogen) atoms. The zero-order valence-electron chi connectivity index (χ0n) is 13.3. The molecule has 2 amide bonds. The van der Waals surface area contributed by atoms with Gasteiger partial charge in [0.25, 0.3) is 5.91 Å². The Bertz CT molecular complexity index is 843. The van der Waals surface area contributed by atoms with E-state index in [2.05, 4.69) is 10.6 Å². The van der Waals surface area contributed by atoms with Crippen molar-refractivity contribution >= 4 is 29.9 Å². The third kappa shape index (κ3) is 2.99. The van der Waals surface area contributed by atoms with Crippen LogP contribution in [0.15, 0.2) is 42.5 Å². The molecule has 0 aliphatic carbocycles. The summed E-state index contributed by atoms with van der Waals surface area (Å²) in [5.74, 6) is -0.747. The second-order valence-corrected chi connectivity index (χ2v) is 5.95. The second-order valence-electron chi connectivity index (χ2n) is 5.95. The molecule has 0 radical (unpaired) electrons. The maximum absolute atomic E-state index is 14.0. The summed E-state index contributed by atoms with van der Waals surface area (Å²) in [5.41, 5.74) is 1.91. The third-order valence-electron chi connectivity index (χ3n) is 4.50. The molecular formula is C18H17ClFN3O2. The number of hydrogen-bond donors (Lipinski definition) is 2. The molecular weight excluding hydrogens is 345 g/mol. The van der Waals surface area contributed by atoms with Crippen LogP contribution in [-0.4, -0.2) is 42.4 Å². The van der Waals surface area contributed by atoms with E-state index in [1.54, 1.807) is 41.3 Å².